The van der Waals surface area contributed by atoms with Crippen molar-refractivity contribution >= 4 is 16.8 Å². The van der Waals surface area contributed by atoms with Crippen LogP contribution in [0.15, 0.2) is 42.5 Å². The Morgan fingerprint density at radius 3 is 2.63 bits per heavy atom. The van der Waals surface area contributed by atoms with Gasteiger partial charge in [-0.3, -0.25) is 4.79 Å². The van der Waals surface area contributed by atoms with Gasteiger partial charge in [-0.15, -0.1) is 0 Å². The minimum atomic E-state index is 0.255. The Labute approximate surface area is 179 Å². The number of amides is 1. The number of para-hydroxylation sites is 1. The summed E-state index contributed by atoms with van der Waals surface area (Å²) in [6, 6.07) is 14.6. The number of nitrogens with zero attached hydrogens (tertiary/aromatic N) is 1. The van der Waals surface area contributed by atoms with E-state index in [4.69, 9.17) is 4.74 Å². The SMILES string of the molecule is Cc1ccc2[nH]c(C3CCN(C(=O)CCCOc4ccccc4C)CC3)c(C)c2c1. The largest absolute Gasteiger partial charge is 0.493 e. The number of carbonyl (C=O) groups is 1. The number of aryl methyl sites for hydroxylation is 3. The summed E-state index contributed by atoms with van der Waals surface area (Å²) in [5.41, 5.74) is 6.37. The highest BCUT2D eigenvalue weighted by molar-refractivity contribution is 5.85. The Bertz CT molecular complexity index is 1030. The summed E-state index contributed by atoms with van der Waals surface area (Å²) < 4.78 is 5.82. The molecule has 0 saturated carbocycles. The molecule has 4 nitrogen and oxygen atoms in total. The topological polar surface area (TPSA) is 45.3 Å². The molecule has 1 amide bonds. The summed E-state index contributed by atoms with van der Waals surface area (Å²) in [7, 11) is 0. The molecule has 4 heteroatoms. The van der Waals surface area contributed by atoms with E-state index in [1.165, 1.54) is 27.7 Å². The van der Waals surface area contributed by atoms with Crippen molar-refractivity contribution in [2.24, 2.45) is 0 Å². The Morgan fingerprint density at radius 2 is 1.87 bits per heavy atom. The molecule has 0 spiro atoms. The summed E-state index contributed by atoms with van der Waals surface area (Å²) >= 11 is 0. The number of rotatable bonds is 6. The van der Waals surface area contributed by atoms with Gasteiger partial charge >= 0.3 is 0 Å². The molecule has 158 valence electrons. The van der Waals surface area contributed by atoms with Crippen molar-refractivity contribution in [1.82, 2.24) is 9.88 Å². The summed E-state index contributed by atoms with van der Waals surface area (Å²) in [5, 5.41) is 1.33. The van der Waals surface area contributed by atoms with E-state index in [0.717, 1.165) is 43.7 Å². The normalized spacial score (nSPS) is 15.0. The van der Waals surface area contributed by atoms with Crippen LogP contribution in [0.25, 0.3) is 10.9 Å². The van der Waals surface area contributed by atoms with Gasteiger partial charge in [-0.2, -0.15) is 0 Å². The van der Waals surface area contributed by atoms with Crippen LogP contribution < -0.4 is 4.74 Å². The smallest absolute Gasteiger partial charge is 0.222 e. The van der Waals surface area contributed by atoms with Crippen LogP contribution in [0.3, 0.4) is 0 Å². The summed E-state index contributed by atoms with van der Waals surface area (Å²) in [4.78, 5) is 18.3. The van der Waals surface area contributed by atoms with Crippen molar-refractivity contribution in [3.8, 4) is 5.75 Å². The lowest BCUT2D eigenvalue weighted by atomic mass is 9.91. The minimum absolute atomic E-state index is 0.255. The van der Waals surface area contributed by atoms with Crippen molar-refractivity contribution in [3.63, 3.8) is 0 Å². The molecule has 1 N–H and O–H groups in total. The maximum absolute atomic E-state index is 12.6. The predicted molar refractivity (Wildman–Crippen MR) is 122 cm³/mol. The highest BCUT2D eigenvalue weighted by atomic mass is 16.5. The van der Waals surface area contributed by atoms with E-state index < -0.39 is 0 Å². The number of aromatic nitrogens is 1. The maximum Gasteiger partial charge on any atom is 0.222 e. The summed E-state index contributed by atoms with van der Waals surface area (Å²) in [6.07, 6.45) is 3.37. The van der Waals surface area contributed by atoms with Gasteiger partial charge in [0.25, 0.3) is 0 Å². The lowest BCUT2D eigenvalue weighted by molar-refractivity contribution is -0.132. The average Bonchev–Trinajstić information content (AvgIpc) is 3.08. The molecule has 0 radical (unpaired) electrons. The van der Waals surface area contributed by atoms with Crippen LogP contribution in [0.1, 0.15) is 54.0 Å². The molecule has 3 aromatic rings. The number of benzene rings is 2. The minimum Gasteiger partial charge on any atom is -0.493 e. The van der Waals surface area contributed by atoms with Gasteiger partial charge < -0.3 is 14.6 Å². The van der Waals surface area contributed by atoms with Gasteiger partial charge in [0.2, 0.25) is 5.91 Å². The lowest BCUT2D eigenvalue weighted by Gasteiger charge is -2.32. The second-order valence-electron chi connectivity index (χ2n) is 8.59. The van der Waals surface area contributed by atoms with Crippen molar-refractivity contribution in [2.75, 3.05) is 19.7 Å². The average molecular weight is 405 g/mol. The lowest BCUT2D eigenvalue weighted by Crippen LogP contribution is -2.38. The molecule has 1 fully saturated rings. The molecule has 1 saturated heterocycles. The van der Waals surface area contributed by atoms with Gasteiger partial charge in [-0.1, -0.05) is 29.8 Å². The van der Waals surface area contributed by atoms with Gasteiger partial charge in [0.1, 0.15) is 5.75 Å². The van der Waals surface area contributed by atoms with E-state index in [1.54, 1.807) is 0 Å². The van der Waals surface area contributed by atoms with E-state index in [-0.39, 0.29) is 5.91 Å². The van der Waals surface area contributed by atoms with Crippen LogP contribution in [0.4, 0.5) is 0 Å². The Balaban J connectivity index is 1.26. The van der Waals surface area contributed by atoms with Gasteiger partial charge in [0, 0.05) is 42.0 Å². The van der Waals surface area contributed by atoms with Crippen LogP contribution in [0, 0.1) is 20.8 Å². The van der Waals surface area contributed by atoms with Crippen molar-refractivity contribution < 1.29 is 9.53 Å². The van der Waals surface area contributed by atoms with Gasteiger partial charge in [0.15, 0.2) is 0 Å². The Morgan fingerprint density at radius 1 is 1.10 bits per heavy atom. The molecule has 1 aromatic heterocycles. The molecule has 0 bridgehead atoms. The molecule has 0 aliphatic carbocycles. The molecule has 30 heavy (non-hydrogen) atoms. The third kappa shape index (κ3) is 4.38. The number of nitrogens with one attached hydrogen (secondary N) is 1. The number of piperidine rings is 1. The fraction of sp³-hybridized carbons (Fsp3) is 0.423. The zero-order valence-electron chi connectivity index (χ0n) is 18.3. The van der Waals surface area contributed by atoms with Gasteiger partial charge in [-0.25, -0.2) is 0 Å². The zero-order valence-corrected chi connectivity index (χ0v) is 18.3. The maximum atomic E-state index is 12.6. The van der Waals surface area contributed by atoms with E-state index in [9.17, 15) is 4.79 Å². The predicted octanol–water partition coefficient (Wildman–Crippen LogP) is 5.66. The standard InChI is InChI=1S/C26H32N2O2/c1-18-10-11-23-22(17-18)20(3)26(27-23)21-12-14-28(15-13-21)25(29)9-6-16-30-24-8-5-4-7-19(24)2/h4-5,7-8,10-11,17,21,27H,6,9,12-16H2,1-3H3. The van der Waals surface area contributed by atoms with Gasteiger partial charge in [0.05, 0.1) is 6.61 Å². The summed E-state index contributed by atoms with van der Waals surface area (Å²) in [5.74, 6) is 1.67. The molecule has 0 unspecified atom stereocenters. The molecule has 4 rings (SSSR count). The van der Waals surface area contributed by atoms with E-state index in [0.29, 0.717) is 18.9 Å². The molecule has 0 atom stereocenters. The second-order valence-corrected chi connectivity index (χ2v) is 8.59. The molecule has 2 aromatic carbocycles. The number of hydrogen-bond donors (Lipinski definition) is 1. The fourth-order valence-electron chi connectivity index (χ4n) is 4.57. The van der Waals surface area contributed by atoms with Crippen molar-refractivity contribution in [2.45, 2.75) is 52.4 Å². The monoisotopic (exact) mass is 404 g/mol. The number of hydrogen-bond acceptors (Lipinski definition) is 2. The first-order valence-electron chi connectivity index (χ1n) is 11.1. The van der Waals surface area contributed by atoms with Crippen LogP contribution in [-0.4, -0.2) is 35.5 Å². The molecular formula is C26H32N2O2. The third-order valence-corrected chi connectivity index (χ3v) is 6.39. The van der Waals surface area contributed by atoms with Gasteiger partial charge in [-0.05, 0) is 69.4 Å². The Kier molecular flexibility index (Phi) is 6.12. The number of carbonyl (C=O) groups excluding carboxylic acids is 1. The van der Waals surface area contributed by atoms with Crippen molar-refractivity contribution in [3.05, 3.63) is 64.8 Å². The highest BCUT2D eigenvalue weighted by Crippen LogP contribution is 2.34. The van der Waals surface area contributed by atoms with E-state index >= 15 is 0 Å². The van der Waals surface area contributed by atoms with E-state index in [2.05, 4.69) is 37.0 Å². The number of fused-ring (bicyclic) bond motifs is 1. The number of likely N-dealkylation sites (tertiary alicyclic amines) is 1. The first-order valence-corrected chi connectivity index (χ1v) is 11.1. The quantitative estimate of drug-likeness (QED) is 0.539. The highest BCUT2D eigenvalue weighted by Gasteiger charge is 2.26. The fourth-order valence-corrected chi connectivity index (χ4v) is 4.57. The summed E-state index contributed by atoms with van der Waals surface area (Å²) in [6.45, 7) is 8.68. The van der Waals surface area contributed by atoms with Crippen molar-refractivity contribution in [1.29, 1.82) is 0 Å². The molecule has 2 heterocycles. The number of H-pyrrole nitrogens is 1. The van der Waals surface area contributed by atoms with Crippen LogP contribution in [-0.2, 0) is 4.79 Å². The molecule has 1 aliphatic heterocycles. The van der Waals surface area contributed by atoms with Crippen LogP contribution in [0.5, 0.6) is 5.75 Å². The molecule has 1 aliphatic rings. The second kappa shape index (κ2) is 8.95. The zero-order chi connectivity index (χ0) is 21.1. The number of ether oxygens (including phenoxy) is 1. The first-order chi connectivity index (χ1) is 14.5. The molecular weight excluding hydrogens is 372 g/mol. The number of aromatic amines is 1. The van der Waals surface area contributed by atoms with Crippen LogP contribution in [0.2, 0.25) is 0 Å². The van der Waals surface area contributed by atoms with Crippen LogP contribution >= 0.6 is 0 Å². The first kappa shape index (κ1) is 20.5. The van der Waals surface area contributed by atoms with E-state index in [1.807, 2.05) is 36.1 Å². The Hall–Kier alpha value is -2.75. The third-order valence-electron chi connectivity index (χ3n) is 6.39.